The van der Waals surface area contributed by atoms with Gasteiger partial charge in [-0.05, 0) is 47.5 Å². The Labute approximate surface area is 163 Å². The highest BCUT2D eigenvalue weighted by Gasteiger charge is 2.20. The third-order valence-corrected chi connectivity index (χ3v) is 4.92. The molecule has 4 rings (SSSR count). The van der Waals surface area contributed by atoms with Gasteiger partial charge in [-0.2, -0.15) is 0 Å². The van der Waals surface area contributed by atoms with Crippen LogP contribution in [0.15, 0.2) is 60.7 Å². The van der Waals surface area contributed by atoms with Crippen molar-refractivity contribution in [3.63, 3.8) is 0 Å². The zero-order valence-corrected chi connectivity index (χ0v) is 15.9. The summed E-state index contributed by atoms with van der Waals surface area (Å²) in [5.41, 5.74) is 8.22. The van der Waals surface area contributed by atoms with Gasteiger partial charge in [0.15, 0.2) is 0 Å². The third-order valence-electron chi connectivity index (χ3n) is 4.92. The minimum atomic E-state index is -0.935. The lowest BCUT2D eigenvalue weighted by atomic mass is 10.0. The lowest BCUT2D eigenvalue weighted by molar-refractivity contribution is 0.0685. The molecule has 0 fully saturated rings. The predicted octanol–water partition coefficient (Wildman–Crippen LogP) is 4.42. The van der Waals surface area contributed by atoms with E-state index in [9.17, 15) is 9.90 Å². The maximum absolute atomic E-state index is 12.0. The number of benzene rings is 3. The molecule has 0 amide bonds. The van der Waals surface area contributed by atoms with E-state index >= 15 is 0 Å². The number of nitrogens with one attached hydrogen (secondary N) is 1. The number of fused-ring (bicyclic) bond motifs is 2. The average Bonchev–Trinajstić information content (AvgIpc) is 3.01. The van der Waals surface area contributed by atoms with Crippen LogP contribution in [0.3, 0.4) is 0 Å². The van der Waals surface area contributed by atoms with E-state index in [0.717, 1.165) is 38.4 Å². The Morgan fingerprint density at radius 3 is 2.50 bits per heavy atom. The number of carboxylic acids is 1. The van der Waals surface area contributed by atoms with E-state index in [1.165, 1.54) is 13.3 Å². The molecular weight excluding hydrogens is 350 g/mol. The zero-order chi connectivity index (χ0) is 20.3. The minimum Gasteiger partial charge on any atom is -0.477 e. The number of nitrogens with zero attached hydrogens (tertiary/aromatic N) is 1. The van der Waals surface area contributed by atoms with Crippen LogP contribution in [-0.4, -0.2) is 28.9 Å². The fourth-order valence-electron chi connectivity index (χ4n) is 3.67. The molecule has 0 spiro atoms. The van der Waals surface area contributed by atoms with E-state index in [1.54, 1.807) is 0 Å². The van der Waals surface area contributed by atoms with E-state index in [1.807, 2.05) is 54.0 Å². The summed E-state index contributed by atoms with van der Waals surface area (Å²) in [5.74, 6) is -0.935. The Morgan fingerprint density at radius 2 is 1.79 bits per heavy atom. The largest absolute Gasteiger partial charge is 0.477 e. The number of aryl methyl sites for hydroxylation is 1. The lowest BCUT2D eigenvalue weighted by Gasteiger charge is -2.12. The van der Waals surface area contributed by atoms with Crippen LogP contribution in [0.1, 0.15) is 27.2 Å². The smallest absolute Gasteiger partial charge is 0.352 e. The molecule has 1 heterocycles. The standard InChI is InChI=1S/C22H18N2O2.CH5N/c1-14-18-10-9-15(12-23)11-20(18)24(21(14)22(25)26)13-17-7-4-6-16-5-2-3-8-19(16)17;1-2/h2-12,23H,13H2,1H3,(H,25,26);2H2,1H3. The monoisotopic (exact) mass is 373 g/mol. The highest BCUT2D eigenvalue weighted by Crippen LogP contribution is 2.29. The zero-order valence-electron chi connectivity index (χ0n) is 15.9. The summed E-state index contributed by atoms with van der Waals surface area (Å²) in [6.07, 6.45) is 1.28. The molecule has 0 aliphatic carbocycles. The number of carboxylic acid groups (broad SMARTS) is 1. The van der Waals surface area contributed by atoms with E-state index in [0.29, 0.717) is 12.2 Å². The van der Waals surface area contributed by atoms with Gasteiger partial charge in [0, 0.05) is 23.7 Å². The Hall–Kier alpha value is -3.44. The van der Waals surface area contributed by atoms with Crippen LogP contribution in [0, 0.1) is 12.3 Å². The first kappa shape index (κ1) is 19.3. The van der Waals surface area contributed by atoms with Gasteiger partial charge >= 0.3 is 5.97 Å². The van der Waals surface area contributed by atoms with Crippen LogP contribution in [-0.2, 0) is 6.54 Å². The first-order chi connectivity index (χ1) is 13.6. The van der Waals surface area contributed by atoms with Crippen LogP contribution < -0.4 is 5.73 Å². The molecule has 4 aromatic rings. The molecule has 0 aliphatic heterocycles. The number of hydrogen-bond donors (Lipinski definition) is 3. The fourth-order valence-corrected chi connectivity index (χ4v) is 3.67. The second-order valence-electron chi connectivity index (χ2n) is 6.42. The van der Waals surface area contributed by atoms with Gasteiger partial charge in [0.2, 0.25) is 0 Å². The Bertz CT molecular complexity index is 1170. The van der Waals surface area contributed by atoms with Crippen molar-refractivity contribution in [2.75, 3.05) is 7.05 Å². The van der Waals surface area contributed by atoms with Gasteiger partial charge in [0.05, 0.1) is 0 Å². The molecule has 5 nitrogen and oxygen atoms in total. The molecule has 142 valence electrons. The second kappa shape index (κ2) is 8.06. The number of aromatic carboxylic acids is 1. The van der Waals surface area contributed by atoms with Gasteiger partial charge in [-0.15, -0.1) is 0 Å². The van der Waals surface area contributed by atoms with Crippen molar-refractivity contribution in [1.82, 2.24) is 4.57 Å². The number of rotatable bonds is 4. The van der Waals surface area contributed by atoms with Crippen molar-refractivity contribution in [1.29, 1.82) is 5.41 Å². The Kier molecular flexibility index (Phi) is 5.57. The van der Waals surface area contributed by atoms with Gasteiger partial charge in [-0.1, -0.05) is 54.6 Å². The van der Waals surface area contributed by atoms with E-state index in [-0.39, 0.29) is 0 Å². The predicted molar refractivity (Wildman–Crippen MR) is 115 cm³/mol. The van der Waals surface area contributed by atoms with Crippen molar-refractivity contribution < 1.29 is 9.90 Å². The molecule has 5 heteroatoms. The van der Waals surface area contributed by atoms with E-state index in [2.05, 4.69) is 23.9 Å². The number of nitrogens with two attached hydrogens (primary N) is 1. The maximum atomic E-state index is 12.0. The molecular formula is C23H23N3O2. The van der Waals surface area contributed by atoms with Gasteiger partial charge in [0.25, 0.3) is 0 Å². The highest BCUT2D eigenvalue weighted by atomic mass is 16.4. The summed E-state index contributed by atoms with van der Waals surface area (Å²) in [5, 5.41) is 20.5. The van der Waals surface area contributed by atoms with Crippen LogP contribution in [0.5, 0.6) is 0 Å². The molecule has 0 unspecified atom stereocenters. The van der Waals surface area contributed by atoms with Crippen LogP contribution >= 0.6 is 0 Å². The van der Waals surface area contributed by atoms with E-state index < -0.39 is 5.97 Å². The molecule has 4 N–H and O–H groups in total. The summed E-state index contributed by atoms with van der Waals surface area (Å²) >= 11 is 0. The summed E-state index contributed by atoms with van der Waals surface area (Å²) in [6, 6.07) is 19.8. The van der Waals surface area contributed by atoms with Crippen LogP contribution in [0.2, 0.25) is 0 Å². The van der Waals surface area contributed by atoms with Crippen molar-refractivity contribution in [3.8, 4) is 0 Å². The third kappa shape index (κ3) is 3.28. The topological polar surface area (TPSA) is 92.1 Å². The van der Waals surface area contributed by atoms with E-state index in [4.69, 9.17) is 5.41 Å². The first-order valence-electron chi connectivity index (χ1n) is 9.01. The highest BCUT2D eigenvalue weighted by molar-refractivity contribution is 6.00. The minimum absolute atomic E-state index is 0.301. The van der Waals surface area contributed by atoms with Gasteiger partial charge in [-0.25, -0.2) is 4.79 Å². The molecule has 3 aromatic carbocycles. The summed E-state index contributed by atoms with van der Waals surface area (Å²) in [4.78, 5) is 12.0. The molecule has 28 heavy (non-hydrogen) atoms. The normalized spacial score (nSPS) is 10.5. The molecule has 0 atom stereocenters. The molecule has 0 aliphatic rings. The van der Waals surface area contributed by atoms with Crippen molar-refractivity contribution in [3.05, 3.63) is 83.0 Å². The summed E-state index contributed by atoms with van der Waals surface area (Å²) < 4.78 is 1.85. The van der Waals surface area contributed by atoms with Gasteiger partial charge in [0.1, 0.15) is 5.69 Å². The Morgan fingerprint density at radius 1 is 1.07 bits per heavy atom. The van der Waals surface area contributed by atoms with Crippen molar-refractivity contribution in [2.24, 2.45) is 5.73 Å². The summed E-state index contributed by atoms with van der Waals surface area (Å²) in [7, 11) is 1.50. The van der Waals surface area contributed by atoms with Crippen LogP contribution in [0.4, 0.5) is 0 Å². The second-order valence-corrected chi connectivity index (χ2v) is 6.42. The molecule has 0 saturated heterocycles. The molecule has 0 saturated carbocycles. The SMILES string of the molecule is CN.Cc1c(C(=O)O)n(Cc2cccc3ccccc23)c2cc(C=N)ccc12. The number of carbonyl (C=O) groups is 1. The fraction of sp³-hybridized carbons (Fsp3) is 0.130. The molecule has 1 aromatic heterocycles. The average molecular weight is 373 g/mol. The van der Waals surface area contributed by atoms with Crippen LogP contribution in [0.25, 0.3) is 21.7 Å². The van der Waals surface area contributed by atoms with Gasteiger partial charge < -0.3 is 20.8 Å². The van der Waals surface area contributed by atoms with Gasteiger partial charge in [-0.3, -0.25) is 0 Å². The lowest BCUT2D eigenvalue weighted by Crippen LogP contribution is -2.11. The van der Waals surface area contributed by atoms with Crippen molar-refractivity contribution in [2.45, 2.75) is 13.5 Å². The van der Waals surface area contributed by atoms with Crippen molar-refractivity contribution >= 4 is 33.9 Å². The Balaban J connectivity index is 0.00000109. The number of aromatic nitrogens is 1. The number of hydrogen-bond acceptors (Lipinski definition) is 3. The maximum Gasteiger partial charge on any atom is 0.352 e. The first-order valence-corrected chi connectivity index (χ1v) is 9.01. The molecule has 0 bridgehead atoms. The summed E-state index contributed by atoms with van der Waals surface area (Å²) in [6.45, 7) is 2.31. The molecule has 0 radical (unpaired) electrons. The quantitative estimate of drug-likeness (QED) is 0.462.